The Morgan fingerprint density at radius 2 is 1.86 bits per heavy atom. The van der Waals surface area contributed by atoms with E-state index in [0.717, 1.165) is 16.8 Å². The predicted molar refractivity (Wildman–Crippen MR) is 111 cm³/mol. The largest absolute Gasteiger partial charge is 0.468 e. The Bertz CT molecular complexity index is 965. The van der Waals surface area contributed by atoms with Gasteiger partial charge in [-0.05, 0) is 35.9 Å². The number of carbonyl (C=O) groups is 1. The summed E-state index contributed by atoms with van der Waals surface area (Å²) in [7, 11) is 5.15. The molecule has 0 bridgehead atoms. The number of rotatable bonds is 8. The molecule has 0 atom stereocenters. The quantitative estimate of drug-likeness (QED) is 0.435. The van der Waals surface area contributed by atoms with Gasteiger partial charge in [0.05, 0.1) is 5.69 Å². The first kappa shape index (κ1) is 20.3. The van der Waals surface area contributed by atoms with Gasteiger partial charge in [-0.3, -0.25) is 4.79 Å². The Labute approximate surface area is 170 Å². The monoisotopic (exact) mass is 392 g/mol. The van der Waals surface area contributed by atoms with E-state index < -0.39 is 0 Å². The van der Waals surface area contributed by atoms with E-state index >= 15 is 0 Å². The first-order valence-corrected chi connectivity index (χ1v) is 9.17. The Balaban J connectivity index is 1.72. The molecule has 0 aliphatic heterocycles. The third kappa shape index (κ3) is 5.30. The Kier molecular flexibility index (Phi) is 6.76. The first-order chi connectivity index (χ1) is 14.1. The third-order valence-corrected chi connectivity index (χ3v) is 4.36. The number of likely N-dealkylation sites (N-methyl/N-ethyl adjacent to an activating group) is 1. The zero-order chi connectivity index (χ0) is 20.6. The van der Waals surface area contributed by atoms with Crippen molar-refractivity contribution < 1.29 is 14.3 Å². The van der Waals surface area contributed by atoms with E-state index in [4.69, 9.17) is 9.47 Å². The molecular weight excluding hydrogens is 368 g/mol. The Morgan fingerprint density at radius 3 is 2.55 bits per heavy atom. The van der Waals surface area contributed by atoms with E-state index in [1.807, 2.05) is 54.6 Å². The number of nitrogens with zero attached hydrogens (tertiary/aromatic N) is 4. The minimum Gasteiger partial charge on any atom is -0.468 e. The number of benzene rings is 2. The fraction of sp³-hybridized carbons (Fsp3) is 0.227. The molecule has 0 saturated carbocycles. The summed E-state index contributed by atoms with van der Waals surface area (Å²) in [6.07, 6.45) is 3.29. The fourth-order valence-corrected chi connectivity index (χ4v) is 2.81. The summed E-state index contributed by atoms with van der Waals surface area (Å²) in [5.74, 6) is 0.610. The molecule has 3 rings (SSSR count). The fourth-order valence-electron chi connectivity index (χ4n) is 2.81. The summed E-state index contributed by atoms with van der Waals surface area (Å²) in [5.41, 5.74) is 3.40. The van der Waals surface area contributed by atoms with Gasteiger partial charge in [0.1, 0.15) is 11.4 Å². The highest BCUT2D eigenvalue weighted by molar-refractivity contribution is 5.92. The van der Waals surface area contributed by atoms with E-state index in [0.29, 0.717) is 18.0 Å². The highest BCUT2D eigenvalue weighted by Gasteiger charge is 2.12. The van der Waals surface area contributed by atoms with Gasteiger partial charge in [-0.25, -0.2) is 4.68 Å². The second-order valence-electron chi connectivity index (χ2n) is 6.54. The Hall–Kier alpha value is -3.45. The summed E-state index contributed by atoms with van der Waals surface area (Å²) in [4.78, 5) is 14.2. The molecule has 1 heterocycles. The number of methoxy groups -OCH3 is 1. The average Bonchev–Trinajstić information content (AvgIpc) is 3.11. The van der Waals surface area contributed by atoms with Crippen LogP contribution in [0, 0.1) is 0 Å². The van der Waals surface area contributed by atoms with Crippen LogP contribution in [0.15, 0.2) is 60.7 Å². The maximum Gasteiger partial charge on any atom is 0.246 e. The number of aromatic nitrogens is 3. The molecule has 0 unspecified atom stereocenters. The molecule has 7 nitrogen and oxygen atoms in total. The van der Waals surface area contributed by atoms with Crippen LogP contribution in [-0.2, 0) is 23.1 Å². The van der Waals surface area contributed by atoms with Crippen LogP contribution in [0.2, 0.25) is 0 Å². The van der Waals surface area contributed by atoms with Crippen LogP contribution in [0.5, 0.6) is 5.75 Å². The highest BCUT2D eigenvalue weighted by atomic mass is 16.7. The van der Waals surface area contributed by atoms with Crippen molar-refractivity contribution in [3.63, 3.8) is 0 Å². The van der Waals surface area contributed by atoms with Crippen molar-refractivity contribution >= 4 is 12.0 Å². The molecule has 0 spiro atoms. The number of carbonyl (C=O) groups excluding carboxylic acids is 1. The lowest BCUT2D eigenvalue weighted by atomic mass is 10.1. The summed E-state index contributed by atoms with van der Waals surface area (Å²) >= 11 is 0. The molecule has 0 aliphatic carbocycles. The van der Waals surface area contributed by atoms with Crippen molar-refractivity contribution in [3.05, 3.63) is 71.9 Å². The third-order valence-electron chi connectivity index (χ3n) is 4.36. The van der Waals surface area contributed by atoms with Crippen molar-refractivity contribution in [2.75, 3.05) is 21.0 Å². The Morgan fingerprint density at radius 1 is 1.14 bits per heavy atom. The van der Waals surface area contributed by atoms with E-state index in [1.54, 1.807) is 42.9 Å². The van der Waals surface area contributed by atoms with Crippen molar-refractivity contribution in [1.82, 2.24) is 19.9 Å². The van der Waals surface area contributed by atoms with E-state index in [-0.39, 0.29) is 12.7 Å². The normalized spacial score (nSPS) is 11.0. The van der Waals surface area contributed by atoms with Crippen molar-refractivity contribution in [1.29, 1.82) is 0 Å². The molecule has 1 aromatic heterocycles. The first-order valence-electron chi connectivity index (χ1n) is 9.17. The summed E-state index contributed by atoms with van der Waals surface area (Å²) in [6.45, 7) is 0.737. The van der Waals surface area contributed by atoms with Crippen LogP contribution in [0.1, 0.15) is 11.3 Å². The number of hydrogen-bond donors (Lipinski definition) is 0. The maximum absolute atomic E-state index is 12.5. The SMILES string of the molecule is COCOc1ccc(-c2nnn(C)c2/C=C/C(=O)N(C)Cc2ccccc2)cc1. The zero-order valence-electron chi connectivity index (χ0n) is 16.8. The summed E-state index contributed by atoms with van der Waals surface area (Å²) in [5, 5.41) is 8.33. The molecule has 0 N–H and O–H groups in total. The summed E-state index contributed by atoms with van der Waals surface area (Å²) in [6, 6.07) is 17.4. The lowest BCUT2D eigenvalue weighted by Gasteiger charge is -2.15. The smallest absolute Gasteiger partial charge is 0.246 e. The van der Waals surface area contributed by atoms with E-state index in [9.17, 15) is 4.79 Å². The van der Waals surface area contributed by atoms with Gasteiger partial charge in [-0.15, -0.1) is 5.10 Å². The molecule has 2 aromatic carbocycles. The van der Waals surface area contributed by atoms with Gasteiger partial charge in [0.25, 0.3) is 0 Å². The lowest BCUT2D eigenvalue weighted by molar-refractivity contribution is -0.125. The van der Waals surface area contributed by atoms with Gasteiger partial charge >= 0.3 is 0 Å². The second-order valence-corrected chi connectivity index (χ2v) is 6.54. The van der Waals surface area contributed by atoms with Crippen molar-refractivity contribution in [3.8, 4) is 17.0 Å². The van der Waals surface area contributed by atoms with Gasteiger partial charge in [-0.2, -0.15) is 0 Å². The minimum absolute atomic E-state index is 0.0932. The van der Waals surface area contributed by atoms with Crippen LogP contribution in [-0.4, -0.2) is 46.8 Å². The number of hydrogen-bond acceptors (Lipinski definition) is 5. The van der Waals surface area contributed by atoms with Gasteiger partial charge in [0, 0.05) is 39.4 Å². The topological polar surface area (TPSA) is 69.5 Å². The second kappa shape index (κ2) is 9.66. The molecule has 150 valence electrons. The van der Waals surface area contributed by atoms with Crippen LogP contribution in [0.4, 0.5) is 0 Å². The highest BCUT2D eigenvalue weighted by Crippen LogP contribution is 2.24. The minimum atomic E-state index is -0.0932. The molecule has 0 aliphatic rings. The zero-order valence-corrected chi connectivity index (χ0v) is 16.8. The molecule has 1 amide bonds. The maximum atomic E-state index is 12.5. The van der Waals surface area contributed by atoms with Crippen LogP contribution in [0.3, 0.4) is 0 Å². The van der Waals surface area contributed by atoms with Gasteiger partial charge < -0.3 is 14.4 Å². The molecular formula is C22H24N4O3. The standard InChI is InChI=1S/C22H24N4O3/c1-25(15-17-7-5-4-6-8-17)21(27)14-13-20-22(23-24-26(20)2)18-9-11-19(12-10-18)29-16-28-3/h4-14H,15-16H2,1-3H3/b14-13+. The number of ether oxygens (including phenoxy) is 2. The molecule has 7 heteroatoms. The summed E-state index contributed by atoms with van der Waals surface area (Å²) < 4.78 is 12.0. The van der Waals surface area contributed by atoms with Gasteiger partial charge in [-0.1, -0.05) is 35.5 Å². The van der Waals surface area contributed by atoms with Crippen molar-refractivity contribution in [2.24, 2.45) is 7.05 Å². The molecule has 3 aromatic rings. The van der Waals surface area contributed by atoms with E-state index in [2.05, 4.69) is 10.3 Å². The molecule has 0 radical (unpaired) electrons. The number of amides is 1. The lowest BCUT2D eigenvalue weighted by Crippen LogP contribution is -2.24. The number of aryl methyl sites for hydroxylation is 1. The van der Waals surface area contributed by atoms with Crippen LogP contribution in [0.25, 0.3) is 17.3 Å². The van der Waals surface area contributed by atoms with Crippen LogP contribution >= 0.6 is 0 Å². The predicted octanol–water partition coefficient (Wildman–Crippen LogP) is 3.14. The molecule has 0 fully saturated rings. The molecule has 29 heavy (non-hydrogen) atoms. The van der Waals surface area contributed by atoms with E-state index in [1.165, 1.54) is 0 Å². The van der Waals surface area contributed by atoms with Crippen LogP contribution < -0.4 is 4.74 Å². The van der Waals surface area contributed by atoms with Crippen molar-refractivity contribution in [2.45, 2.75) is 6.54 Å². The molecule has 0 saturated heterocycles. The van der Waals surface area contributed by atoms with Gasteiger partial charge in [0.15, 0.2) is 6.79 Å². The average molecular weight is 392 g/mol. The van der Waals surface area contributed by atoms with Gasteiger partial charge in [0.2, 0.25) is 5.91 Å².